The number of esters is 1. The van der Waals surface area contributed by atoms with E-state index in [2.05, 4.69) is 31.3 Å². The van der Waals surface area contributed by atoms with Crippen LogP contribution in [0.15, 0.2) is 30.3 Å². The highest BCUT2D eigenvalue weighted by Crippen LogP contribution is 2.43. The normalized spacial score (nSPS) is 26.0. The number of methoxy groups -OCH3 is 1. The van der Waals surface area contributed by atoms with Gasteiger partial charge in [0.15, 0.2) is 0 Å². The average molecular weight is 261 g/mol. The van der Waals surface area contributed by atoms with E-state index in [-0.39, 0.29) is 5.97 Å². The van der Waals surface area contributed by atoms with Crippen LogP contribution in [0.4, 0.5) is 0 Å². The first-order valence-electron chi connectivity index (χ1n) is 6.95. The fourth-order valence-corrected chi connectivity index (χ4v) is 2.75. The molecule has 1 fully saturated rings. The molecule has 104 valence electrons. The van der Waals surface area contributed by atoms with Gasteiger partial charge in [-0.05, 0) is 30.2 Å². The monoisotopic (exact) mass is 261 g/mol. The summed E-state index contributed by atoms with van der Waals surface area (Å²) < 4.78 is 4.97. The van der Waals surface area contributed by atoms with Crippen LogP contribution in [0.5, 0.6) is 0 Å². The summed E-state index contributed by atoms with van der Waals surface area (Å²) in [5.74, 6) is 1.11. The van der Waals surface area contributed by atoms with E-state index in [0.717, 1.165) is 12.8 Å². The van der Waals surface area contributed by atoms with Gasteiger partial charge < -0.3 is 4.74 Å². The van der Waals surface area contributed by atoms with Crippen LogP contribution in [-0.2, 0) is 16.1 Å². The molecular weight excluding hydrogens is 238 g/mol. The van der Waals surface area contributed by atoms with Crippen LogP contribution in [0, 0.1) is 11.8 Å². The summed E-state index contributed by atoms with van der Waals surface area (Å²) in [4.78, 5) is 12.0. The molecule has 1 aliphatic carbocycles. The third-order valence-electron chi connectivity index (χ3n) is 4.21. The van der Waals surface area contributed by atoms with Crippen LogP contribution >= 0.6 is 0 Å². The Balaban J connectivity index is 1.99. The summed E-state index contributed by atoms with van der Waals surface area (Å²) in [6.07, 6.45) is 1.76. The topological polar surface area (TPSA) is 38.3 Å². The average Bonchev–Trinajstić information content (AvgIpc) is 2.37. The van der Waals surface area contributed by atoms with Crippen molar-refractivity contribution in [2.45, 2.75) is 38.8 Å². The SMILES string of the molecule is COC(=O)C1(NCc2ccccc2)CC(C(C)C)C1. The number of hydrogen-bond donors (Lipinski definition) is 1. The predicted molar refractivity (Wildman–Crippen MR) is 75.6 cm³/mol. The van der Waals surface area contributed by atoms with Gasteiger partial charge in [-0.15, -0.1) is 0 Å². The molecule has 0 amide bonds. The molecule has 3 nitrogen and oxygen atoms in total. The van der Waals surface area contributed by atoms with Gasteiger partial charge in [-0.1, -0.05) is 44.2 Å². The number of ether oxygens (including phenoxy) is 1. The van der Waals surface area contributed by atoms with Gasteiger partial charge in [0.05, 0.1) is 7.11 Å². The zero-order chi connectivity index (χ0) is 13.9. The molecule has 0 saturated heterocycles. The minimum atomic E-state index is -0.473. The maximum absolute atomic E-state index is 12.0. The molecule has 0 heterocycles. The molecule has 1 N–H and O–H groups in total. The fraction of sp³-hybridized carbons (Fsp3) is 0.562. The Hall–Kier alpha value is -1.35. The molecule has 3 heteroatoms. The van der Waals surface area contributed by atoms with Crippen molar-refractivity contribution in [3.63, 3.8) is 0 Å². The molecule has 1 saturated carbocycles. The number of carbonyl (C=O) groups excluding carboxylic acids is 1. The number of benzene rings is 1. The number of rotatable bonds is 5. The maximum Gasteiger partial charge on any atom is 0.326 e. The van der Waals surface area contributed by atoms with E-state index >= 15 is 0 Å². The molecule has 0 unspecified atom stereocenters. The highest BCUT2D eigenvalue weighted by atomic mass is 16.5. The second kappa shape index (κ2) is 5.74. The van der Waals surface area contributed by atoms with Gasteiger partial charge in [-0.2, -0.15) is 0 Å². The molecule has 1 aliphatic rings. The molecule has 0 aromatic heterocycles. The van der Waals surface area contributed by atoms with Gasteiger partial charge in [0.25, 0.3) is 0 Å². The predicted octanol–water partition coefficient (Wildman–Crippen LogP) is 2.75. The zero-order valence-corrected chi connectivity index (χ0v) is 12.0. The number of nitrogens with one attached hydrogen (secondary N) is 1. The Morgan fingerprint density at radius 1 is 1.37 bits per heavy atom. The molecular formula is C16H23NO2. The van der Waals surface area contributed by atoms with Crippen LogP contribution in [0.3, 0.4) is 0 Å². The first kappa shape index (κ1) is 14.1. The van der Waals surface area contributed by atoms with E-state index in [1.165, 1.54) is 12.7 Å². The molecule has 0 aliphatic heterocycles. The minimum absolute atomic E-state index is 0.125. The lowest BCUT2D eigenvalue weighted by Crippen LogP contribution is -2.61. The second-order valence-corrected chi connectivity index (χ2v) is 5.83. The maximum atomic E-state index is 12.0. The van der Waals surface area contributed by atoms with E-state index in [9.17, 15) is 4.79 Å². The summed E-state index contributed by atoms with van der Waals surface area (Å²) in [7, 11) is 1.47. The molecule has 19 heavy (non-hydrogen) atoms. The molecule has 0 bridgehead atoms. The molecule has 2 rings (SSSR count). The highest BCUT2D eigenvalue weighted by Gasteiger charge is 2.51. The van der Waals surface area contributed by atoms with E-state index in [1.54, 1.807) is 0 Å². The van der Waals surface area contributed by atoms with Crippen molar-refractivity contribution in [1.29, 1.82) is 0 Å². The van der Waals surface area contributed by atoms with Crippen molar-refractivity contribution in [3.05, 3.63) is 35.9 Å². The van der Waals surface area contributed by atoms with Crippen LogP contribution < -0.4 is 5.32 Å². The fourth-order valence-electron chi connectivity index (χ4n) is 2.75. The van der Waals surface area contributed by atoms with Crippen molar-refractivity contribution in [2.75, 3.05) is 7.11 Å². The molecule has 0 spiro atoms. The third-order valence-corrected chi connectivity index (χ3v) is 4.21. The Bertz CT molecular complexity index is 422. The van der Waals surface area contributed by atoms with E-state index in [4.69, 9.17) is 4.74 Å². The van der Waals surface area contributed by atoms with Gasteiger partial charge in [0.1, 0.15) is 5.54 Å². The second-order valence-electron chi connectivity index (χ2n) is 5.83. The quantitative estimate of drug-likeness (QED) is 0.828. The van der Waals surface area contributed by atoms with Gasteiger partial charge >= 0.3 is 5.97 Å². The summed E-state index contributed by atoms with van der Waals surface area (Å²) in [6, 6.07) is 10.2. The van der Waals surface area contributed by atoms with Gasteiger partial charge in [-0.25, -0.2) is 0 Å². The molecule has 1 aromatic carbocycles. The van der Waals surface area contributed by atoms with Crippen LogP contribution in [0.2, 0.25) is 0 Å². The molecule has 0 atom stereocenters. The highest BCUT2D eigenvalue weighted by molar-refractivity contribution is 5.82. The van der Waals surface area contributed by atoms with Crippen molar-refractivity contribution in [2.24, 2.45) is 11.8 Å². The largest absolute Gasteiger partial charge is 0.468 e. The first-order valence-corrected chi connectivity index (χ1v) is 6.95. The van der Waals surface area contributed by atoms with Crippen molar-refractivity contribution in [3.8, 4) is 0 Å². The van der Waals surface area contributed by atoms with Crippen LogP contribution in [0.25, 0.3) is 0 Å². The van der Waals surface area contributed by atoms with Gasteiger partial charge in [0, 0.05) is 6.54 Å². The Kier molecular flexibility index (Phi) is 4.25. The Morgan fingerprint density at radius 3 is 2.53 bits per heavy atom. The van der Waals surface area contributed by atoms with E-state index in [0.29, 0.717) is 18.4 Å². The first-order chi connectivity index (χ1) is 9.07. The summed E-state index contributed by atoms with van der Waals surface area (Å²) >= 11 is 0. The van der Waals surface area contributed by atoms with Crippen LogP contribution in [0.1, 0.15) is 32.3 Å². The lowest BCUT2D eigenvalue weighted by atomic mass is 9.64. The summed E-state index contributed by atoms with van der Waals surface area (Å²) in [5.41, 5.74) is 0.721. The van der Waals surface area contributed by atoms with E-state index in [1.807, 2.05) is 18.2 Å². The lowest BCUT2D eigenvalue weighted by Gasteiger charge is -2.47. The van der Waals surface area contributed by atoms with E-state index < -0.39 is 5.54 Å². The number of carbonyl (C=O) groups is 1. The standard InChI is InChI=1S/C16H23NO2/c1-12(2)14-9-16(10-14,15(18)19-3)17-11-13-7-5-4-6-8-13/h4-8,12,14,17H,9-11H2,1-3H3. The third kappa shape index (κ3) is 2.98. The lowest BCUT2D eigenvalue weighted by molar-refractivity contribution is -0.156. The zero-order valence-electron chi connectivity index (χ0n) is 12.0. The smallest absolute Gasteiger partial charge is 0.326 e. The Morgan fingerprint density at radius 2 is 2.00 bits per heavy atom. The van der Waals surface area contributed by atoms with Gasteiger partial charge in [-0.3, -0.25) is 10.1 Å². The Labute approximate surface area is 115 Å². The van der Waals surface area contributed by atoms with Crippen molar-refractivity contribution >= 4 is 5.97 Å². The molecule has 1 aromatic rings. The molecule has 0 radical (unpaired) electrons. The van der Waals surface area contributed by atoms with Gasteiger partial charge in [0.2, 0.25) is 0 Å². The minimum Gasteiger partial charge on any atom is -0.468 e. The van der Waals surface area contributed by atoms with Crippen LogP contribution in [-0.4, -0.2) is 18.6 Å². The number of hydrogen-bond acceptors (Lipinski definition) is 3. The summed E-state index contributed by atoms with van der Waals surface area (Å²) in [6.45, 7) is 5.13. The summed E-state index contributed by atoms with van der Waals surface area (Å²) in [5, 5.41) is 3.41. The van der Waals surface area contributed by atoms with Crippen molar-refractivity contribution in [1.82, 2.24) is 5.32 Å². The van der Waals surface area contributed by atoms with Crippen molar-refractivity contribution < 1.29 is 9.53 Å².